The molecule has 4 rings (SSSR count). The van der Waals surface area contributed by atoms with Crippen molar-refractivity contribution in [3.8, 4) is 5.69 Å². The van der Waals surface area contributed by atoms with Gasteiger partial charge in [0.25, 0.3) is 0 Å². The van der Waals surface area contributed by atoms with Crippen LogP contribution in [0.5, 0.6) is 0 Å². The van der Waals surface area contributed by atoms with E-state index in [1.54, 1.807) is 42.1 Å². The van der Waals surface area contributed by atoms with Crippen molar-refractivity contribution < 1.29 is 13.9 Å². The minimum atomic E-state index is -0.529. The van der Waals surface area contributed by atoms with Gasteiger partial charge in [-0.25, -0.2) is 4.39 Å². The average Bonchev–Trinajstić information content (AvgIpc) is 3.20. The second kappa shape index (κ2) is 11.3. The highest BCUT2D eigenvalue weighted by atomic mass is 35.5. The Balaban J connectivity index is 1.84. The van der Waals surface area contributed by atoms with Gasteiger partial charge in [0.05, 0.1) is 18.5 Å². The molecule has 7 nitrogen and oxygen atoms in total. The number of fused-ring (bicyclic) bond motifs is 3. The van der Waals surface area contributed by atoms with Gasteiger partial charge in [-0.3, -0.25) is 14.4 Å². The molecule has 0 amide bonds. The predicted octanol–water partition coefficient (Wildman–Crippen LogP) is 4.95. The Morgan fingerprint density at radius 2 is 2.00 bits per heavy atom. The lowest BCUT2D eigenvalue weighted by Crippen LogP contribution is -2.13. The maximum absolute atomic E-state index is 15.0. The Bertz CT molecular complexity index is 1250. The van der Waals surface area contributed by atoms with E-state index in [-0.39, 0.29) is 18.2 Å². The summed E-state index contributed by atoms with van der Waals surface area (Å²) < 4.78 is 21.8. The summed E-state index contributed by atoms with van der Waals surface area (Å²) in [7, 11) is 5.44. The number of halogens is 2. The van der Waals surface area contributed by atoms with E-state index in [2.05, 4.69) is 15.1 Å². The van der Waals surface area contributed by atoms with Crippen LogP contribution in [-0.4, -0.2) is 64.8 Å². The monoisotopic (exact) mass is 515 g/mol. The first-order valence-corrected chi connectivity index (χ1v) is 12.7. The number of ether oxygens (including phenoxy) is 1. The van der Waals surface area contributed by atoms with Crippen molar-refractivity contribution in [1.29, 1.82) is 0 Å². The van der Waals surface area contributed by atoms with E-state index in [1.165, 1.54) is 13.2 Å². The molecule has 184 valence electrons. The SMILES string of the molecule is COC(=O)CC[C@@H]1N=C(c2ccccc2F)c2cc(Cl)ccc2-n2c(SCCCN(C)C)nnc21. The highest BCUT2D eigenvalue weighted by molar-refractivity contribution is 7.99. The Labute approximate surface area is 213 Å². The van der Waals surface area contributed by atoms with Crippen molar-refractivity contribution in [1.82, 2.24) is 19.7 Å². The van der Waals surface area contributed by atoms with Crippen LogP contribution in [0.2, 0.25) is 5.02 Å². The van der Waals surface area contributed by atoms with Gasteiger partial charge in [-0.1, -0.05) is 35.5 Å². The third-order valence-electron chi connectivity index (χ3n) is 5.66. The highest BCUT2D eigenvalue weighted by Gasteiger charge is 2.30. The van der Waals surface area contributed by atoms with Gasteiger partial charge < -0.3 is 9.64 Å². The van der Waals surface area contributed by atoms with E-state index in [0.29, 0.717) is 34.1 Å². The van der Waals surface area contributed by atoms with Crippen molar-refractivity contribution in [3.05, 3.63) is 70.3 Å². The lowest BCUT2D eigenvalue weighted by atomic mass is 10.00. The third-order valence-corrected chi connectivity index (χ3v) is 6.91. The second-order valence-electron chi connectivity index (χ2n) is 8.43. The van der Waals surface area contributed by atoms with Gasteiger partial charge in [-0.2, -0.15) is 0 Å². The Kier molecular flexibility index (Phi) is 8.20. The van der Waals surface area contributed by atoms with Crippen LogP contribution >= 0.6 is 23.4 Å². The Morgan fingerprint density at radius 3 is 2.74 bits per heavy atom. The first kappa shape index (κ1) is 25.3. The van der Waals surface area contributed by atoms with E-state index < -0.39 is 6.04 Å². The van der Waals surface area contributed by atoms with Gasteiger partial charge in [0.1, 0.15) is 11.9 Å². The highest BCUT2D eigenvalue weighted by Crippen LogP contribution is 2.37. The fourth-order valence-electron chi connectivity index (χ4n) is 3.96. The zero-order valence-electron chi connectivity index (χ0n) is 19.9. The molecule has 1 aromatic heterocycles. The minimum Gasteiger partial charge on any atom is -0.469 e. The zero-order valence-corrected chi connectivity index (χ0v) is 21.4. The van der Waals surface area contributed by atoms with Crippen LogP contribution in [0.15, 0.2) is 52.6 Å². The van der Waals surface area contributed by atoms with Gasteiger partial charge in [0.15, 0.2) is 11.0 Å². The summed E-state index contributed by atoms with van der Waals surface area (Å²) >= 11 is 8.00. The summed E-state index contributed by atoms with van der Waals surface area (Å²) in [6.45, 7) is 0.961. The molecule has 10 heteroatoms. The molecule has 0 saturated heterocycles. The minimum absolute atomic E-state index is 0.143. The third kappa shape index (κ3) is 5.74. The van der Waals surface area contributed by atoms with Crippen LogP contribution in [0.3, 0.4) is 0 Å². The van der Waals surface area contributed by atoms with Crippen LogP contribution in [0.4, 0.5) is 4.39 Å². The number of carbonyl (C=O) groups excluding carboxylic acids is 1. The number of esters is 1. The molecule has 0 fully saturated rings. The Hall–Kier alpha value is -2.75. The van der Waals surface area contributed by atoms with Crippen molar-refractivity contribution in [2.24, 2.45) is 4.99 Å². The van der Waals surface area contributed by atoms with E-state index >= 15 is 0 Å². The molecule has 1 aliphatic heterocycles. The number of nitrogens with zero attached hydrogens (tertiary/aromatic N) is 5. The molecule has 0 spiro atoms. The molecular weight excluding hydrogens is 489 g/mol. The summed E-state index contributed by atoms with van der Waals surface area (Å²) in [5.41, 5.74) is 2.27. The number of hydrogen-bond donors (Lipinski definition) is 0. The molecule has 0 N–H and O–H groups in total. The number of methoxy groups -OCH3 is 1. The fraction of sp³-hybridized carbons (Fsp3) is 0.360. The molecule has 0 aliphatic carbocycles. The van der Waals surface area contributed by atoms with Crippen LogP contribution in [0.1, 0.15) is 42.3 Å². The number of rotatable bonds is 9. The van der Waals surface area contributed by atoms with Crippen LogP contribution in [0, 0.1) is 5.82 Å². The topological polar surface area (TPSA) is 72.6 Å². The van der Waals surface area contributed by atoms with Crippen LogP contribution < -0.4 is 0 Å². The van der Waals surface area contributed by atoms with Gasteiger partial charge in [0.2, 0.25) is 0 Å². The van der Waals surface area contributed by atoms with Crippen molar-refractivity contribution in [2.75, 3.05) is 33.5 Å². The lowest BCUT2D eigenvalue weighted by molar-refractivity contribution is -0.140. The molecule has 2 heterocycles. The van der Waals surface area contributed by atoms with Crippen LogP contribution in [-0.2, 0) is 9.53 Å². The summed E-state index contributed by atoms with van der Waals surface area (Å²) in [6.07, 6.45) is 1.47. The zero-order chi connectivity index (χ0) is 24.9. The molecular formula is C25H27ClFN5O2S. The summed E-state index contributed by atoms with van der Waals surface area (Å²) in [5.74, 6) is 0.716. The molecule has 35 heavy (non-hydrogen) atoms. The van der Waals surface area contributed by atoms with Crippen molar-refractivity contribution in [2.45, 2.75) is 30.5 Å². The molecule has 3 aromatic rings. The van der Waals surface area contributed by atoms with Gasteiger partial charge in [0, 0.05) is 28.3 Å². The standard InChI is InChI=1S/C25H27ClFN5O2S/c1-31(2)13-6-14-35-25-30-29-24-20(10-12-22(33)34-3)28-23(17-7-4-5-8-19(17)27)18-15-16(26)9-11-21(18)32(24)25/h4-5,7-9,11,15,20H,6,10,12-14H2,1-3H3/t20-/m0/s1. The predicted molar refractivity (Wildman–Crippen MR) is 136 cm³/mol. The summed E-state index contributed by atoms with van der Waals surface area (Å²) in [6, 6.07) is 11.4. The number of aromatic nitrogens is 3. The quantitative estimate of drug-likeness (QED) is 0.228. The van der Waals surface area contributed by atoms with E-state index in [0.717, 1.165) is 29.6 Å². The van der Waals surface area contributed by atoms with Gasteiger partial charge >= 0.3 is 5.97 Å². The molecule has 1 atom stereocenters. The smallest absolute Gasteiger partial charge is 0.305 e. The van der Waals surface area contributed by atoms with Crippen LogP contribution in [0.25, 0.3) is 5.69 Å². The van der Waals surface area contributed by atoms with Crippen molar-refractivity contribution >= 4 is 35.0 Å². The van der Waals surface area contributed by atoms with E-state index in [4.69, 9.17) is 21.3 Å². The maximum Gasteiger partial charge on any atom is 0.305 e. The molecule has 2 aromatic carbocycles. The molecule has 0 unspecified atom stereocenters. The second-order valence-corrected chi connectivity index (χ2v) is 9.93. The lowest BCUT2D eigenvalue weighted by Gasteiger charge is -2.14. The Morgan fingerprint density at radius 1 is 1.20 bits per heavy atom. The molecule has 0 saturated carbocycles. The van der Waals surface area contributed by atoms with Gasteiger partial charge in [-0.15, -0.1) is 10.2 Å². The number of carbonyl (C=O) groups is 1. The van der Waals surface area contributed by atoms with Gasteiger partial charge in [-0.05, 0) is 63.8 Å². The normalized spacial score (nSPS) is 14.8. The fourth-order valence-corrected chi connectivity index (χ4v) is 5.00. The molecule has 0 bridgehead atoms. The first-order valence-electron chi connectivity index (χ1n) is 11.3. The average molecular weight is 516 g/mol. The van der Waals surface area contributed by atoms with E-state index in [9.17, 15) is 9.18 Å². The van der Waals surface area contributed by atoms with Crippen molar-refractivity contribution in [3.63, 3.8) is 0 Å². The largest absolute Gasteiger partial charge is 0.469 e. The first-order chi connectivity index (χ1) is 16.9. The number of hydrogen-bond acceptors (Lipinski definition) is 7. The summed E-state index contributed by atoms with van der Waals surface area (Å²) in [5, 5.41) is 10.2. The van der Waals surface area contributed by atoms with E-state index in [1.807, 2.05) is 24.7 Å². The molecule has 1 aliphatic rings. The number of benzene rings is 2. The molecule has 0 radical (unpaired) electrons. The summed E-state index contributed by atoms with van der Waals surface area (Å²) in [4.78, 5) is 19.0. The number of thioether (sulfide) groups is 1. The maximum atomic E-state index is 15.0. The number of aliphatic imine (C=N–C) groups is 1.